The Morgan fingerprint density at radius 2 is 2.08 bits per heavy atom. The van der Waals surface area contributed by atoms with Gasteiger partial charge in [0.05, 0.1) is 12.1 Å². The summed E-state index contributed by atoms with van der Waals surface area (Å²) in [6.07, 6.45) is 0.354. The number of hydrogen-bond donors (Lipinski definition) is 0. The van der Waals surface area contributed by atoms with Gasteiger partial charge in [-0.3, -0.25) is 0 Å². The molecule has 26 heavy (non-hydrogen) atoms. The van der Waals surface area contributed by atoms with Crippen LogP contribution in [-0.2, 0) is 14.2 Å². The summed E-state index contributed by atoms with van der Waals surface area (Å²) in [6.45, 7) is 9.65. The summed E-state index contributed by atoms with van der Waals surface area (Å²) in [5.41, 5.74) is -0.598. The number of amides is 1. The zero-order valence-corrected chi connectivity index (χ0v) is 16.4. The molecule has 0 aromatic carbocycles. The van der Waals surface area contributed by atoms with Gasteiger partial charge < -0.3 is 23.5 Å². The monoisotopic (exact) mass is 371 g/mol. The summed E-state index contributed by atoms with van der Waals surface area (Å²) in [6, 6.07) is -0.493. The average Bonchev–Trinajstić information content (AvgIpc) is 3.13. The van der Waals surface area contributed by atoms with Crippen LogP contribution in [0, 0.1) is 0 Å². The zero-order valence-electron chi connectivity index (χ0n) is 16.4. The Hall–Kier alpha value is -1.87. The van der Waals surface area contributed by atoms with Crippen LogP contribution >= 0.6 is 0 Å². The van der Waals surface area contributed by atoms with Crippen molar-refractivity contribution in [3.63, 3.8) is 0 Å². The fourth-order valence-electron chi connectivity index (χ4n) is 2.89. The molecule has 0 saturated carbocycles. The van der Waals surface area contributed by atoms with Gasteiger partial charge in [-0.2, -0.15) is 4.68 Å². The molecule has 148 valence electrons. The molecule has 1 aromatic rings. The Balaban J connectivity index is 2.29. The third-order valence-electron chi connectivity index (χ3n) is 3.96. The van der Waals surface area contributed by atoms with Gasteiger partial charge in [-0.05, 0) is 47.5 Å². The molecule has 1 amide bonds. The van der Waals surface area contributed by atoms with E-state index in [4.69, 9.17) is 18.6 Å². The van der Waals surface area contributed by atoms with Crippen molar-refractivity contribution in [2.75, 3.05) is 20.4 Å². The van der Waals surface area contributed by atoms with Crippen molar-refractivity contribution >= 4 is 6.09 Å². The molecule has 0 aliphatic carbocycles. The maximum Gasteiger partial charge on any atom is 0.437 e. The van der Waals surface area contributed by atoms with Crippen LogP contribution < -0.4 is 5.76 Å². The summed E-state index contributed by atoms with van der Waals surface area (Å²) in [5.74, 6) is -0.413. The van der Waals surface area contributed by atoms with Crippen molar-refractivity contribution in [1.29, 1.82) is 0 Å². The topological polar surface area (TPSA) is 96.0 Å². The normalized spacial score (nSPS) is 19.2. The summed E-state index contributed by atoms with van der Waals surface area (Å²) in [5, 5.41) is 4.25. The van der Waals surface area contributed by atoms with Gasteiger partial charge in [-0.15, -0.1) is 5.10 Å². The van der Waals surface area contributed by atoms with E-state index in [0.717, 1.165) is 6.42 Å². The molecule has 1 aromatic heterocycles. The molecule has 1 unspecified atom stereocenters. The lowest BCUT2D eigenvalue weighted by atomic mass is 10.1. The fourth-order valence-corrected chi connectivity index (χ4v) is 2.89. The molecule has 0 N–H and O–H groups in total. The van der Waals surface area contributed by atoms with Crippen LogP contribution in [-0.4, -0.2) is 52.9 Å². The molecule has 1 aliphatic rings. The Morgan fingerprint density at radius 3 is 2.62 bits per heavy atom. The highest BCUT2D eigenvalue weighted by Crippen LogP contribution is 2.32. The quantitative estimate of drug-likeness (QED) is 0.709. The first-order valence-corrected chi connectivity index (χ1v) is 8.83. The number of carbonyl (C=O) groups excluding carboxylic acids is 1. The predicted molar refractivity (Wildman–Crippen MR) is 92.8 cm³/mol. The first kappa shape index (κ1) is 20.4. The number of carbonyl (C=O) groups is 1. The summed E-state index contributed by atoms with van der Waals surface area (Å²) in [7, 11) is 1.50. The van der Waals surface area contributed by atoms with Crippen LogP contribution in [0.1, 0.15) is 65.5 Å². The number of ether oxygens (including phenoxy) is 3. The van der Waals surface area contributed by atoms with Crippen molar-refractivity contribution in [3.8, 4) is 0 Å². The SMILES string of the molecule is COCOC(c1nn(C(C)C)c(=O)o1)[C@@H]1CCCN1C(=O)OC(C)(C)C. The number of nitrogens with zero attached hydrogens (tertiary/aromatic N) is 3. The van der Waals surface area contributed by atoms with E-state index in [1.54, 1.807) is 4.90 Å². The van der Waals surface area contributed by atoms with Crippen molar-refractivity contribution < 1.29 is 23.4 Å². The smallest absolute Gasteiger partial charge is 0.437 e. The van der Waals surface area contributed by atoms with E-state index >= 15 is 0 Å². The van der Waals surface area contributed by atoms with Crippen LogP contribution in [0.4, 0.5) is 4.79 Å². The average molecular weight is 371 g/mol. The molecule has 2 atom stereocenters. The van der Waals surface area contributed by atoms with Crippen LogP contribution in [0.15, 0.2) is 9.21 Å². The highest BCUT2D eigenvalue weighted by molar-refractivity contribution is 5.69. The van der Waals surface area contributed by atoms with E-state index < -0.39 is 23.6 Å². The van der Waals surface area contributed by atoms with Gasteiger partial charge in [0.2, 0.25) is 5.89 Å². The maximum atomic E-state index is 12.6. The van der Waals surface area contributed by atoms with Gasteiger partial charge in [0.1, 0.15) is 12.4 Å². The van der Waals surface area contributed by atoms with Crippen LogP contribution in [0.3, 0.4) is 0 Å². The highest BCUT2D eigenvalue weighted by Gasteiger charge is 2.41. The first-order chi connectivity index (χ1) is 12.1. The number of likely N-dealkylation sites (tertiary alicyclic amines) is 1. The Kier molecular flexibility index (Phi) is 6.46. The molecule has 2 rings (SSSR count). The minimum absolute atomic E-state index is 0.0123. The lowest BCUT2D eigenvalue weighted by Gasteiger charge is -2.31. The lowest BCUT2D eigenvalue weighted by Crippen LogP contribution is -2.43. The van der Waals surface area contributed by atoms with Crippen LogP contribution in [0.5, 0.6) is 0 Å². The van der Waals surface area contributed by atoms with Crippen molar-refractivity contribution in [2.24, 2.45) is 0 Å². The number of aromatic nitrogens is 2. The molecule has 1 aliphatic heterocycles. The number of rotatable bonds is 6. The van der Waals surface area contributed by atoms with Crippen LogP contribution in [0.2, 0.25) is 0 Å². The summed E-state index contributed by atoms with van der Waals surface area (Å²) >= 11 is 0. The Labute approximate surface area is 153 Å². The Morgan fingerprint density at radius 1 is 1.38 bits per heavy atom. The van der Waals surface area contributed by atoms with E-state index in [0.29, 0.717) is 13.0 Å². The predicted octanol–water partition coefficient (Wildman–Crippen LogP) is 2.48. The molecule has 0 bridgehead atoms. The van der Waals surface area contributed by atoms with Crippen molar-refractivity contribution in [1.82, 2.24) is 14.7 Å². The van der Waals surface area contributed by atoms with E-state index in [2.05, 4.69) is 5.10 Å². The number of methoxy groups -OCH3 is 1. The summed E-state index contributed by atoms with van der Waals surface area (Å²) in [4.78, 5) is 26.2. The van der Waals surface area contributed by atoms with E-state index in [9.17, 15) is 9.59 Å². The van der Waals surface area contributed by atoms with Crippen molar-refractivity contribution in [2.45, 2.75) is 71.2 Å². The summed E-state index contributed by atoms with van der Waals surface area (Å²) < 4.78 is 22.8. The minimum Gasteiger partial charge on any atom is -0.444 e. The maximum absolute atomic E-state index is 12.6. The van der Waals surface area contributed by atoms with E-state index in [1.165, 1.54) is 11.8 Å². The number of hydrogen-bond acceptors (Lipinski definition) is 7. The van der Waals surface area contributed by atoms with Gasteiger partial charge in [0.15, 0.2) is 6.10 Å². The lowest BCUT2D eigenvalue weighted by molar-refractivity contribution is -0.106. The standard InChI is InChI=1S/C17H29N3O6/c1-11(2)20-16(22)25-14(18-20)13(24-10-23-6)12-8-7-9-19(12)15(21)26-17(3,4)5/h11-13H,7-10H2,1-6H3/t12-,13?/m0/s1. The molecule has 2 heterocycles. The van der Waals surface area contributed by atoms with Crippen molar-refractivity contribution in [3.05, 3.63) is 16.4 Å². The first-order valence-electron chi connectivity index (χ1n) is 8.83. The largest absolute Gasteiger partial charge is 0.444 e. The van der Waals surface area contributed by atoms with E-state index in [-0.39, 0.29) is 24.8 Å². The molecule has 0 radical (unpaired) electrons. The molecule has 9 heteroatoms. The highest BCUT2D eigenvalue weighted by atomic mass is 16.7. The second kappa shape index (κ2) is 8.22. The molecular formula is C17H29N3O6. The third kappa shape index (κ3) is 4.85. The van der Waals surface area contributed by atoms with Gasteiger partial charge in [0.25, 0.3) is 0 Å². The molecule has 9 nitrogen and oxygen atoms in total. The third-order valence-corrected chi connectivity index (χ3v) is 3.96. The second-order valence-electron chi connectivity index (χ2n) is 7.62. The molecule has 1 saturated heterocycles. The molecule has 1 fully saturated rings. The van der Waals surface area contributed by atoms with Gasteiger partial charge in [-0.25, -0.2) is 9.59 Å². The minimum atomic E-state index is -0.710. The van der Waals surface area contributed by atoms with E-state index in [1.807, 2.05) is 34.6 Å². The zero-order chi connectivity index (χ0) is 19.5. The van der Waals surface area contributed by atoms with Gasteiger partial charge >= 0.3 is 11.8 Å². The molecular weight excluding hydrogens is 342 g/mol. The fraction of sp³-hybridized carbons (Fsp3) is 0.824. The molecule has 0 spiro atoms. The van der Waals surface area contributed by atoms with Crippen LogP contribution in [0.25, 0.3) is 0 Å². The van der Waals surface area contributed by atoms with Gasteiger partial charge in [0, 0.05) is 13.7 Å². The Bertz CT molecular complexity index is 660. The second-order valence-corrected chi connectivity index (χ2v) is 7.62. The van der Waals surface area contributed by atoms with Gasteiger partial charge in [-0.1, -0.05) is 0 Å².